The van der Waals surface area contributed by atoms with Crippen molar-refractivity contribution >= 4 is 15.9 Å². The Bertz CT molecular complexity index is 460. The molecule has 7 nitrogen and oxygen atoms in total. The monoisotopic (exact) mass is 319 g/mol. The molecule has 2 fully saturated rings. The number of nitrogens with two attached hydrogens (primary N) is 1. The number of nitrogens with zero attached hydrogens (tertiary/aromatic N) is 1. The Morgan fingerprint density at radius 1 is 1.33 bits per heavy atom. The highest BCUT2D eigenvalue weighted by atomic mass is 32.2. The summed E-state index contributed by atoms with van der Waals surface area (Å²) >= 11 is 0. The molecule has 0 radical (unpaired) electrons. The predicted molar refractivity (Wildman–Crippen MR) is 79.1 cm³/mol. The van der Waals surface area contributed by atoms with Crippen LogP contribution in [0.3, 0.4) is 0 Å². The molecule has 2 aliphatic rings. The van der Waals surface area contributed by atoms with Crippen LogP contribution in [0, 0.1) is 5.92 Å². The Kier molecular flexibility index (Phi) is 5.59. The summed E-state index contributed by atoms with van der Waals surface area (Å²) < 4.78 is 30.7. The lowest BCUT2D eigenvalue weighted by Crippen LogP contribution is -2.50. The smallest absolute Gasteiger partial charge is 0.227 e. The van der Waals surface area contributed by atoms with E-state index in [1.165, 1.54) is 4.31 Å². The third kappa shape index (κ3) is 4.15. The first kappa shape index (κ1) is 16.7. The second-order valence-corrected chi connectivity index (χ2v) is 7.89. The quantitative estimate of drug-likeness (QED) is 0.696. The topological polar surface area (TPSA) is 102 Å². The molecular formula is C13H25N3O4S. The van der Waals surface area contributed by atoms with Crippen molar-refractivity contribution in [2.75, 3.05) is 32.1 Å². The van der Waals surface area contributed by atoms with Gasteiger partial charge in [0.1, 0.15) is 0 Å². The number of rotatable bonds is 5. The molecule has 122 valence electrons. The van der Waals surface area contributed by atoms with E-state index in [1.807, 2.05) is 6.92 Å². The van der Waals surface area contributed by atoms with Crippen molar-refractivity contribution in [1.82, 2.24) is 9.62 Å². The van der Waals surface area contributed by atoms with Crippen LogP contribution in [0.25, 0.3) is 0 Å². The van der Waals surface area contributed by atoms with E-state index in [1.54, 1.807) is 0 Å². The first-order chi connectivity index (χ1) is 9.94. The summed E-state index contributed by atoms with van der Waals surface area (Å²) in [5, 5.41) is 2.97. The van der Waals surface area contributed by atoms with Gasteiger partial charge >= 0.3 is 0 Å². The summed E-state index contributed by atoms with van der Waals surface area (Å²) in [6.45, 7) is 3.60. The molecule has 2 rings (SSSR count). The molecule has 2 heterocycles. The fraction of sp³-hybridized carbons (Fsp3) is 0.923. The van der Waals surface area contributed by atoms with Gasteiger partial charge in [-0.05, 0) is 19.3 Å². The zero-order valence-electron chi connectivity index (χ0n) is 12.5. The van der Waals surface area contributed by atoms with Crippen molar-refractivity contribution in [2.45, 2.75) is 38.3 Å². The molecule has 21 heavy (non-hydrogen) atoms. The number of sulfonamides is 1. The molecule has 0 aromatic rings. The van der Waals surface area contributed by atoms with Crippen LogP contribution in [-0.4, -0.2) is 62.8 Å². The van der Waals surface area contributed by atoms with Gasteiger partial charge in [-0.1, -0.05) is 6.92 Å². The summed E-state index contributed by atoms with van der Waals surface area (Å²) in [7, 11) is -3.13. The van der Waals surface area contributed by atoms with E-state index in [0.29, 0.717) is 45.6 Å². The van der Waals surface area contributed by atoms with Gasteiger partial charge in [-0.25, -0.2) is 12.7 Å². The Morgan fingerprint density at radius 3 is 2.52 bits per heavy atom. The first-order valence-electron chi connectivity index (χ1n) is 7.55. The maximum atomic E-state index is 12.1. The van der Waals surface area contributed by atoms with Crippen LogP contribution in [0.1, 0.15) is 26.2 Å². The van der Waals surface area contributed by atoms with Gasteiger partial charge in [-0.3, -0.25) is 4.79 Å². The highest BCUT2D eigenvalue weighted by Crippen LogP contribution is 2.17. The van der Waals surface area contributed by atoms with Gasteiger partial charge in [-0.2, -0.15) is 0 Å². The minimum atomic E-state index is -3.13. The third-order valence-corrected chi connectivity index (χ3v) is 6.19. The number of carbonyl (C=O) groups excluding carboxylic acids is 1. The minimum absolute atomic E-state index is 0.0263. The fourth-order valence-corrected chi connectivity index (χ4v) is 4.36. The molecule has 0 saturated carbocycles. The molecule has 0 aromatic carbocycles. The maximum absolute atomic E-state index is 12.1. The lowest BCUT2D eigenvalue weighted by Gasteiger charge is -2.32. The molecule has 2 atom stereocenters. The van der Waals surface area contributed by atoms with Crippen LogP contribution in [0.4, 0.5) is 0 Å². The average molecular weight is 319 g/mol. The summed E-state index contributed by atoms with van der Waals surface area (Å²) in [5.41, 5.74) is 5.82. The van der Waals surface area contributed by atoms with Gasteiger partial charge in [0.05, 0.1) is 24.9 Å². The fourth-order valence-electron chi connectivity index (χ4n) is 2.81. The summed E-state index contributed by atoms with van der Waals surface area (Å²) in [5.74, 6) is -0.167. The van der Waals surface area contributed by atoms with E-state index in [9.17, 15) is 13.2 Å². The second-order valence-electron chi connectivity index (χ2n) is 5.81. The molecule has 1 amide bonds. The number of carbonyl (C=O) groups is 1. The molecule has 0 aliphatic carbocycles. The Morgan fingerprint density at radius 2 is 2.00 bits per heavy atom. The molecule has 8 heteroatoms. The summed E-state index contributed by atoms with van der Waals surface area (Å²) in [6, 6.07) is -0.214. The molecule has 0 aromatic heterocycles. The van der Waals surface area contributed by atoms with Crippen LogP contribution in [0.5, 0.6) is 0 Å². The van der Waals surface area contributed by atoms with Gasteiger partial charge in [0.25, 0.3) is 0 Å². The molecule has 0 bridgehead atoms. The number of hydrogen-bond acceptors (Lipinski definition) is 5. The maximum Gasteiger partial charge on any atom is 0.227 e. The highest BCUT2D eigenvalue weighted by Gasteiger charge is 2.34. The van der Waals surface area contributed by atoms with Gasteiger partial charge in [0.2, 0.25) is 15.9 Å². The van der Waals surface area contributed by atoms with Crippen LogP contribution < -0.4 is 11.1 Å². The number of piperidine rings is 1. The third-order valence-electron chi connectivity index (χ3n) is 4.12. The van der Waals surface area contributed by atoms with E-state index >= 15 is 0 Å². The van der Waals surface area contributed by atoms with Gasteiger partial charge < -0.3 is 15.8 Å². The summed E-state index contributed by atoms with van der Waals surface area (Å²) in [4.78, 5) is 12.1. The van der Waals surface area contributed by atoms with Crippen LogP contribution >= 0.6 is 0 Å². The average Bonchev–Trinajstić information content (AvgIpc) is 2.85. The van der Waals surface area contributed by atoms with Crippen molar-refractivity contribution in [1.29, 1.82) is 0 Å². The van der Waals surface area contributed by atoms with Gasteiger partial charge in [0.15, 0.2) is 0 Å². The molecule has 0 spiro atoms. The van der Waals surface area contributed by atoms with Crippen LogP contribution in [0.15, 0.2) is 0 Å². The zero-order chi connectivity index (χ0) is 15.5. The van der Waals surface area contributed by atoms with Crippen molar-refractivity contribution < 1.29 is 17.9 Å². The number of ether oxygens (including phenoxy) is 1. The summed E-state index contributed by atoms with van der Waals surface area (Å²) in [6.07, 6.45) is 1.92. The lowest BCUT2D eigenvalue weighted by atomic mass is 10.0. The van der Waals surface area contributed by atoms with E-state index in [-0.39, 0.29) is 29.7 Å². The van der Waals surface area contributed by atoms with Crippen molar-refractivity contribution in [3.63, 3.8) is 0 Å². The second kappa shape index (κ2) is 7.04. The van der Waals surface area contributed by atoms with Gasteiger partial charge in [0, 0.05) is 25.2 Å². The lowest BCUT2D eigenvalue weighted by molar-refractivity contribution is -0.126. The molecule has 2 unspecified atom stereocenters. The van der Waals surface area contributed by atoms with Crippen LogP contribution in [0.2, 0.25) is 0 Å². The Hall–Kier alpha value is -0.700. The number of amides is 1. The molecule has 3 N–H and O–H groups in total. The minimum Gasteiger partial charge on any atom is -0.379 e. The largest absolute Gasteiger partial charge is 0.379 e. The van der Waals surface area contributed by atoms with E-state index < -0.39 is 10.0 Å². The SMILES string of the molecule is CCCS(=O)(=O)N1CCC(NC(=O)C2COCC2N)CC1. The highest BCUT2D eigenvalue weighted by molar-refractivity contribution is 7.89. The van der Waals surface area contributed by atoms with E-state index in [0.717, 1.165) is 0 Å². The molecule has 2 saturated heterocycles. The first-order valence-corrected chi connectivity index (χ1v) is 9.16. The number of hydrogen-bond donors (Lipinski definition) is 2. The molecule has 2 aliphatic heterocycles. The normalized spacial score (nSPS) is 28.7. The van der Waals surface area contributed by atoms with Crippen LogP contribution in [-0.2, 0) is 19.6 Å². The Labute approximate surface area is 126 Å². The van der Waals surface area contributed by atoms with Gasteiger partial charge in [-0.15, -0.1) is 0 Å². The standard InChI is InChI=1S/C13H25N3O4S/c1-2-7-21(18,19)16-5-3-10(4-6-16)15-13(17)11-8-20-9-12(11)14/h10-12H,2-9,14H2,1H3,(H,15,17). The van der Waals surface area contributed by atoms with Crippen molar-refractivity contribution in [3.05, 3.63) is 0 Å². The van der Waals surface area contributed by atoms with Crippen molar-refractivity contribution in [2.24, 2.45) is 11.7 Å². The number of nitrogens with one attached hydrogen (secondary N) is 1. The molecular weight excluding hydrogens is 294 g/mol. The predicted octanol–water partition coefficient (Wildman–Crippen LogP) is -0.719. The zero-order valence-corrected chi connectivity index (χ0v) is 13.3. The van der Waals surface area contributed by atoms with E-state index in [4.69, 9.17) is 10.5 Å². The van der Waals surface area contributed by atoms with Crippen molar-refractivity contribution in [3.8, 4) is 0 Å². The van der Waals surface area contributed by atoms with E-state index in [2.05, 4.69) is 5.32 Å². The Balaban J connectivity index is 1.80.